The maximum absolute atomic E-state index is 12.1. The Kier molecular flexibility index (Phi) is 5.01. The molecule has 1 aliphatic rings. The van der Waals surface area contributed by atoms with Gasteiger partial charge in [-0.2, -0.15) is 5.10 Å². The van der Waals surface area contributed by atoms with Crippen molar-refractivity contribution < 1.29 is 19.1 Å². The first kappa shape index (κ1) is 18.4. The van der Waals surface area contributed by atoms with Crippen molar-refractivity contribution in [2.24, 2.45) is 12.8 Å². The fraction of sp³-hybridized carbons (Fsp3) is 0.375. The fourth-order valence-electron chi connectivity index (χ4n) is 2.98. The number of aryl methyl sites for hydroxylation is 3. The van der Waals surface area contributed by atoms with Gasteiger partial charge >= 0.3 is 5.97 Å². The first-order valence-electron chi connectivity index (χ1n) is 7.90. The molecule has 3 rings (SSSR count). The molecule has 0 saturated carbocycles. The lowest BCUT2D eigenvalue weighted by molar-refractivity contribution is -0.119. The summed E-state index contributed by atoms with van der Waals surface area (Å²) in [6.07, 6.45) is 2.61. The van der Waals surface area contributed by atoms with Crippen molar-refractivity contribution in [1.29, 1.82) is 0 Å². The lowest BCUT2D eigenvalue weighted by Crippen LogP contribution is -2.23. The van der Waals surface area contributed by atoms with E-state index in [2.05, 4.69) is 10.4 Å². The van der Waals surface area contributed by atoms with Crippen molar-refractivity contribution in [3.63, 3.8) is 0 Å². The summed E-state index contributed by atoms with van der Waals surface area (Å²) in [6, 6.07) is 0. The minimum absolute atomic E-state index is 0.120. The van der Waals surface area contributed by atoms with E-state index in [1.165, 1.54) is 16.0 Å². The molecule has 3 N–H and O–H groups in total. The third-order valence-electron chi connectivity index (χ3n) is 4.11. The summed E-state index contributed by atoms with van der Waals surface area (Å²) in [4.78, 5) is 37.1. The number of fused-ring (bicyclic) bond motifs is 1. The van der Waals surface area contributed by atoms with Crippen LogP contribution in [0.2, 0.25) is 5.15 Å². The van der Waals surface area contributed by atoms with Gasteiger partial charge in [0.2, 0.25) is 0 Å². The Morgan fingerprint density at radius 3 is 2.69 bits per heavy atom. The number of rotatable bonds is 5. The number of carbonyl (C=O) groups excluding carboxylic acids is 3. The molecule has 0 spiro atoms. The Labute approximate surface area is 158 Å². The van der Waals surface area contributed by atoms with E-state index in [1.54, 1.807) is 14.0 Å². The average molecular weight is 397 g/mol. The maximum Gasteiger partial charge on any atom is 0.343 e. The largest absolute Gasteiger partial charge is 0.452 e. The Morgan fingerprint density at radius 1 is 1.35 bits per heavy atom. The Balaban J connectivity index is 1.67. The van der Waals surface area contributed by atoms with Crippen LogP contribution in [0.5, 0.6) is 0 Å². The molecule has 138 valence electrons. The number of amides is 2. The Hall–Kier alpha value is -2.39. The van der Waals surface area contributed by atoms with Crippen LogP contribution in [0.15, 0.2) is 0 Å². The van der Waals surface area contributed by atoms with Gasteiger partial charge in [0.15, 0.2) is 6.61 Å². The number of carbonyl (C=O) groups is 3. The summed E-state index contributed by atoms with van der Waals surface area (Å²) < 4.78 is 6.36. The molecular weight excluding hydrogens is 380 g/mol. The molecule has 26 heavy (non-hydrogen) atoms. The molecule has 0 saturated heterocycles. The number of primary amides is 1. The topological polar surface area (TPSA) is 116 Å². The molecule has 10 heteroatoms. The van der Waals surface area contributed by atoms with Gasteiger partial charge in [0.25, 0.3) is 11.8 Å². The van der Waals surface area contributed by atoms with Crippen LogP contribution in [0, 0.1) is 6.92 Å². The summed E-state index contributed by atoms with van der Waals surface area (Å²) in [7, 11) is 1.60. The SMILES string of the molecule is Cc1nn(C)c(Cl)c1C(=O)OCC(=O)Nc1sc2c(c1C(N)=O)CCC2. The minimum Gasteiger partial charge on any atom is -0.452 e. The summed E-state index contributed by atoms with van der Waals surface area (Å²) in [5.74, 6) is -1.87. The molecule has 0 unspecified atom stereocenters. The predicted molar refractivity (Wildman–Crippen MR) is 96.7 cm³/mol. The number of anilines is 1. The zero-order chi connectivity index (χ0) is 19.0. The van der Waals surface area contributed by atoms with Gasteiger partial charge in [-0.1, -0.05) is 11.6 Å². The third kappa shape index (κ3) is 3.32. The molecule has 2 aromatic rings. The number of esters is 1. The smallest absolute Gasteiger partial charge is 0.343 e. The van der Waals surface area contributed by atoms with Crippen molar-refractivity contribution in [3.8, 4) is 0 Å². The van der Waals surface area contributed by atoms with E-state index < -0.39 is 24.4 Å². The molecule has 0 aromatic carbocycles. The number of nitrogens with two attached hydrogens (primary N) is 1. The van der Waals surface area contributed by atoms with Gasteiger partial charge < -0.3 is 15.8 Å². The van der Waals surface area contributed by atoms with E-state index >= 15 is 0 Å². The molecule has 2 amide bonds. The van der Waals surface area contributed by atoms with Crippen LogP contribution >= 0.6 is 22.9 Å². The molecule has 2 heterocycles. The number of halogens is 1. The lowest BCUT2D eigenvalue weighted by Gasteiger charge is -2.07. The average Bonchev–Trinajstić information content (AvgIpc) is 3.19. The fourth-order valence-corrected chi connectivity index (χ4v) is 4.54. The van der Waals surface area contributed by atoms with E-state index in [-0.39, 0.29) is 10.7 Å². The van der Waals surface area contributed by atoms with E-state index in [9.17, 15) is 14.4 Å². The van der Waals surface area contributed by atoms with Crippen LogP contribution in [-0.2, 0) is 29.4 Å². The van der Waals surface area contributed by atoms with Crippen molar-refractivity contribution in [1.82, 2.24) is 9.78 Å². The molecule has 0 fully saturated rings. The van der Waals surface area contributed by atoms with Gasteiger partial charge in [-0.05, 0) is 31.7 Å². The van der Waals surface area contributed by atoms with Crippen LogP contribution in [0.1, 0.15) is 43.3 Å². The van der Waals surface area contributed by atoms with Crippen LogP contribution in [-0.4, -0.2) is 34.2 Å². The zero-order valence-corrected chi connectivity index (χ0v) is 15.8. The van der Waals surface area contributed by atoms with Gasteiger partial charge in [0.1, 0.15) is 15.7 Å². The van der Waals surface area contributed by atoms with Gasteiger partial charge in [0, 0.05) is 11.9 Å². The van der Waals surface area contributed by atoms with Crippen LogP contribution in [0.25, 0.3) is 0 Å². The highest BCUT2D eigenvalue weighted by Gasteiger charge is 2.27. The number of ether oxygens (including phenoxy) is 1. The summed E-state index contributed by atoms with van der Waals surface area (Å²) in [5.41, 5.74) is 7.24. The van der Waals surface area contributed by atoms with Crippen LogP contribution in [0.4, 0.5) is 5.00 Å². The van der Waals surface area contributed by atoms with Crippen molar-refractivity contribution in [3.05, 3.63) is 32.4 Å². The quantitative estimate of drug-likeness (QED) is 0.748. The molecule has 2 aromatic heterocycles. The zero-order valence-electron chi connectivity index (χ0n) is 14.2. The molecule has 0 aliphatic heterocycles. The van der Waals surface area contributed by atoms with Gasteiger partial charge in [0.05, 0.1) is 11.3 Å². The molecule has 0 atom stereocenters. The second-order valence-corrected chi connectivity index (χ2v) is 7.39. The molecule has 0 radical (unpaired) electrons. The predicted octanol–water partition coefficient (Wildman–Crippen LogP) is 1.83. The maximum atomic E-state index is 12.1. The highest BCUT2D eigenvalue weighted by Crippen LogP contribution is 2.38. The molecule has 1 aliphatic carbocycles. The van der Waals surface area contributed by atoms with E-state index in [0.717, 1.165) is 29.7 Å². The Morgan fingerprint density at radius 2 is 2.08 bits per heavy atom. The van der Waals surface area contributed by atoms with Crippen LogP contribution in [0.3, 0.4) is 0 Å². The van der Waals surface area contributed by atoms with Crippen molar-refractivity contribution >= 4 is 45.7 Å². The third-order valence-corrected chi connectivity index (χ3v) is 5.75. The number of thiophene rings is 1. The van der Waals surface area contributed by atoms with Crippen molar-refractivity contribution in [2.45, 2.75) is 26.2 Å². The Bertz CT molecular complexity index is 918. The standard InChI is InChI=1S/C16H17ClN4O4S/c1-7-11(13(17)21(2)20-7)16(24)25-6-10(22)19-15-12(14(18)23)8-4-3-5-9(8)26-15/h3-6H2,1-2H3,(H2,18,23)(H,19,22). The number of nitrogens with one attached hydrogen (secondary N) is 1. The highest BCUT2D eigenvalue weighted by atomic mass is 35.5. The summed E-state index contributed by atoms with van der Waals surface area (Å²) >= 11 is 7.34. The lowest BCUT2D eigenvalue weighted by atomic mass is 10.1. The minimum atomic E-state index is -0.737. The highest BCUT2D eigenvalue weighted by molar-refractivity contribution is 7.17. The summed E-state index contributed by atoms with van der Waals surface area (Å²) in [5, 5.41) is 7.17. The number of hydrogen-bond donors (Lipinski definition) is 2. The van der Waals surface area contributed by atoms with Gasteiger partial charge in [-0.15, -0.1) is 11.3 Å². The molecule has 8 nitrogen and oxygen atoms in total. The number of aromatic nitrogens is 2. The molecular formula is C16H17ClN4O4S. The molecule has 0 bridgehead atoms. The van der Waals surface area contributed by atoms with Crippen molar-refractivity contribution in [2.75, 3.05) is 11.9 Å². The monoisotopic (exact) mass is 396 g/mol. The van der Waals surface area contributed by atoms with Crippen LogP contribution < -0.4 is 11.1 Å². The second kappa shape index (κ2) is 7.08. The first-order valence-corrected chi connectivity index (χ1v) is 9.09. The number of nitrogens with zero attached hydrogens (tertiary/aromatic N) is 2. The first-order chi connectivity index (χ1) is 12.3. The normalized spacial score (nSPS) is 12.7. The van der Waals surface area contributed by atoms with E-state index in [1.807, 2.05) is 0 Å². The summed E-state index contributed by atoms with van der Waals surface area (Å²) in [6.45, 7) is 1.11. The van der Waals surface area contributed by atoms with E-state index in [0.29, 0.717) is 16.3 Å². The number of hydrogen-bond acceptors (Lipinski definition) is 6. The van der Waals surface area contributed by atoms with E-state index in [4.69, 9.17) is 22.1 Å². The van der Waals surface area contributed by atoms with Gasteiger partial charge in [-0.3, -0.25) is 14.3 Å². The van der Waals surface area contributed by atoms with Gasteiger partial charge in [-0.25, -0.2) is 4.79 Å². The second-order valence-electron chi connectivity index (χ2n) is 5.92.